The molecular formula is C9H13N3O2. The van der Waals surface area contributed by atoms with E-state index in [1.165, 1.54) is 16.9 Å². The largest absolute Gasteiger partial charge is 0.370 e. The van der Waals surface area contributed by atoms with Crippen LogP contribution in [-0.2, 0) is 10.3 Å². The van der Waals surface area contributed by atoms with E-state index in [1.807, 2.05) is 0 Å². The van der Waals surface area contributed by atoms with Crippen molar-refractivity contribution in [2.75, 3.05) is 0 Å². The second kappa shape index (κ2) is 3.61. The van der Waals surface area contributed by atoms with Crippen LogP contribution in [0.3, 0.4) is 0 Å². The highest BCUT2D eigenvalue weighted by Gasteiger charge is 2.24. The van der Waals surface area contributed by atoms with Gasteiger partial charge < -0.3 is 5.73 Å². The fourth-order valence-corrected chi connectivity index (χ4v) is 1.31. The summed E-state index contributed by atoms with van der Waals surface area (Å²) in [5.74, 6) is -0.451. The first-order valence-electron chi connectivity index (χ1n) is 4.26. The number of carbonyl (C=O) groups is 1. The molecule has 0 atom stereocenters. The van der Waals surface area contributed by atoms with E-state index in [0.717, 1.165) is 0 Å². The number of primary amides is 1. The minimum Gasteiger partial charge on any atom is -0.370 e. The zero-order valence-electron chi connectivity index (χ0n) is 8.23. The van der Waals surface area contributed by atoms with Crippen LogP contribution in [0.2, 0.25) is 0 Å². The van der Waals surface area contributed by atoms with Crippen molar-refractivity contribution in [3.8, 4) is 0 Å². The van der Waals surface area contributed by atoms with Crippen molar-refractivity contribution in [3.63, 3.8) is 0 Å². The van der Waals surface area contributed by atoms with Gasteiger partial charge in [-0.05, 0) is 19.9 Å². The Bertz CT molecular complexity index is 395. The van der Waals surface area contributed by atoms with E-state index in [-0.39, 0.29) is 12.0 Å². The van der Waals surface area contributed by atoms with Gasteiger partial charge in [-0.15, -0.1) is 0 Å². The molecule has 0 saturated heterocycles. The second-order valence-corrected chi connectivity index (χ2v) is 3.73. The number of hydrogen-bond donors (Lipinski definition) is 1. The molecule has 0 fully saturated rings. The monoisotopic (exact) mass is 195 g/mol. The van der Waals surface area contributed by atoms with Gasteiger partial charge in [-0.2, -0.15) is 5.10 Å². The smallest absolute Gasteiger partial charge is 0.267 e. The number of rotatable bonds is 3. The van der Waals surface area contributed by atoms with Crippen LogP contribution in [0.5, 0.6) is 0 Å². The Labute approximate surface area is 81.5 Å². The average molecular weight is 195 g/mol. The van der Waals surface area contributed by atoms with Gasteiger partial charge in [0.15, 0.2) is 0 Å². The van der Waals surface area contributed by atoms with Crippen LogP contribution in [0.1, 0.15) is 20.3 Å². The predicted octanol–water partition coefficient (Wildman–Crippen LogP) is -0.146. The molecule has 0 aliphatic heterocycles. The van der Waals surface area contributed by atoms with Crippen molar-refractivity contribution in [2.24, 2.45) is 5.73 Å². The minimum absolute atomic E-state index is 0.0872. The highest BCUT2D eigenvalue weighted by Crippen LogP contribution is 2.14. The van der Waals surface area contributed by atoms with Crippen molar-refractivity contribution >= 4 is 5.91 Å². The van der Waals surface area contributed by atoms with Crippen LogP contribution in [0.15, 0.2) is 23.1 Å². The lowest BCUT2D eigenvalue weighted by Gasteiger charge is -2.23. The Hall–Kier alpha value is -1.65. The maximum Gasteiger partial charge on any atom is 0.267 e. The summed E-state index contributed by atoms with van der Waals surface area (Å²) in [5.41, 5.74) is 4.17. The third-order valence-electron chi connectivity index (χ3n) is 1.90. The van der Waals surface area contributed by atoms with Crippen LogP contribution in [0.4, 0.5) is 0 Å². The van der Waals surface area contributed by atoms with Crippen LogP contribution >= 0.6 is 0 Å². The molecule has 0 aliphatic carbocycles. The zero-order chi connectivity index (χ0) is 10.8. The van der Waals surface area contributed by atoms with E-state index in [2.05, 4.69) is 5.10 Å². The Morgan fingerprint density at radius 1 is 1.64 bits per heavy atom. The van der Waals surface area contributed by atoms with E-state index in [1.54, 1.807) is 19.9 Å². The summed E-state index contributed by atoms with van der Waals surface area (Å²) in [6.45, 7) is 3.48. The summed E-state index contributed by atoms with van der Waals surface area (Å²) < 4.78 is 1.26. The average Bonchev–Trinajstić information content (AvgIpc) is 2.02. The van der Waals surface area contributed by atoms with Crippen LogP contribution in [-0.4, -0.2) is 15.7 Å². The van der Waals surface area contributed by atoms with Crippen LogP contribution < -0.4 is 11.3 Å². The van der Waals surface area contributed by atoms with Gasteiger partial charge >= 0.3 is 0 Å². The molecule has 1 amide bonds. The summed E-state index contributed by atoms with van der Waals surface area (Å²) in [7, 11) is 0. The van der Waals surface area contributed by atoms with Crippen molar-refractivity contribution in [1.82, 2.24) is 9.78 Å². The molecule has 1 heterocycles. The van der Waals surface area contributed by atoms with E-state index >= 15 is 0 Å². The first-order valence-corrected chi connectivity index (χ1v) is 4.26. The van der Waals surface area contributed by atoms with Crippen LogP contribution in [0, 0.1) is 0 Å². The summed E-state index contributed by atoms with van der Waals surface area (Å²) in [5, 5.41) is 3.90. The maximum absolute atomic E-state index is 11.4. The number of nitrogens with two attached hydrogens (primary N) is 1. The number of carbonyl (C=O) groups excluding carboxylic acids is 1. The third kappa shape index (κ3) is 2.18. The summed E-state index contributed by atoms with van der Waals surface area (Å²) in [4.78, 5) is 22.2. The normalized spacial score (nSPS) is 11.3. The van der Waals surface area contributed by atoms with E-state index in [9.17, 15) is 9.59 Å². The molecule has 2 N–H and O–H groups in total. The Kier molecular flexibility index (Phi) is 2.69. The Morgan fingerprint density at radius 2 is 2.29 bits per heavy atom. The van der Waals surface area contributed by atoms with E-state index < -0.39 is 11.4 Å². The molecule has 14 heavy (non-hydrogen) atoms. The van der Waals surface area contributed by atoms with Crippen LogP contribution in [0.25, 0.3) is 0 Å². The molecule has 0 bridgehead atoms. The Balaban J connectivity index is 3.09. The number of hydrogen-bond acceptors (Lipinski definition) is 3. The molecule has 0 radical (unpaired) electrons. The molecule has 5 heteroatoms. The SMILES string of the molecule is CC(C)(CC(N)=O)n1ncccc1=O. The number of aromatic nitrogens is 2. The fraction of sp³-hybridized carbons (Fsp3) is 0.444. The summed E-state index contributed by atoms with van der Waals surface area (Å²) in [6, 6.07) is 2.95. The molecule has 1 rings (SSSR count). The molecule has 0 saturated carbocycles. The molecule has 5 nitrogen and oxygen atoms in total. The van der Waals surface area contributed by atoms with Crippen molar-refractivity contribution in [3.05, 3.63) is 28.7 Å². The molecule has 76 valence electrons. The summed E-state index contributed by atoms with van der Waals surface area (Å²) >= 11 is 0. The van der Waals surface area contributed by atoms with Gasteiger partial charge in [-0.1, -0.05) is 0 Å². The second-order valence-electron chi connectivity index (χ2n) is 3.73. The lowest BCUT2D eigenvalue weighted by Crippen LogP contribution is -2.40. The molecule has 0 spiro atoms. The highest BCUT2D eigenvalue weighted by atomic mass is 16.1. The molecule has 0 aliphatic rings. The van der Waals surface area contributed by atoms with Gasteiger partial charge in [0.1, 0.15) is 0 Å². The Morgan fingerprint density at radius 3 is 2.79 bits per heavy atom. The maximum atomic E-state index is 11.4. The van der Waals surface area contributed by atoms with E-state index in [4.69, 9.17) is 5.73 Å². The van der Waals surface area contributed by atoms with Gasteiger partial charge in [-0.25, -0.2) is 4.68 Å². The fourth-order valence-electron chi connectivity index (χ4n) is 1.31. The number of amides is 1. The number of nitrogens with zero attached hydrogens (tertiary/aromatic N) is 2. The zero-order valence-corrected chi connectivity index (χ0v) is 8.23. The van der Waals surface area contributed by atoms with Gasteiger partial charge in [0.2, 0.25) is 5.91 Å². The van der Waals surface area contributed by atoms with Crippen molar-refractivity contribution < 1.29 is 4.79 Å². The first kappa shape index (κ1) is 10.4. The molecule has 1 aromatic rings. The minimum atomic E-state index is -0.676. The first-order chi connectivity index (χ1) is 6.43. The summed E-state index contributed by atoms with van der Waals surface area (Å²) in [6.07, 6.45) is 1.59. The van der Waals surface area contributed by atoms with Gasteiger partial charge in [0.05, 0.1) is 12.0 Å². The third-order valence-corrected chi connectivity index (χ3v) is 1.90. The van der Waals surface area contributed by atoms with Gasteiger partial charge in [0.25, 0.3) is 5.56 Å². The topological polar surface area (TPSA) is 78.0 Å². The molecule has 0 unspecified atom stereocenters. The lowest BCUT2D eigenvalue weighted by atomic mass is 10.0. The van der Waals surface area contributed by atoms with Crippen molar-refractivity contribution in [1.29, 1.82) is 0 Å². The van der Waals surface area contributed by atoms with Gasteiger partial charge in [0, 0.05) is 12.3 Å². The molecular weight excluding hydrogens is 182 g/mol. The molecule has 0 aromatic carbocycles. The van der Waals surface area contributed by atoms with Crippen molar-refractivity contribution in [2.45, 2.75) is 25.8 Å². The predicted molar refractivity (Wildman–Crippen MR) is 51.6 cm³/mol. The van der Waals surface area contributed by atoms with E-state index in [0.29, 0.717) is 0 Å². The highest BCUT2D eigenvalue weighted by molar-refractivity contribution is 5.74. The lowest BCUT2D eigenvalue weighted by molar-refractivity contribution is -0.119. The van der Waals surface area contributed by atoms with Gasteiger partial charge in [-0.3, -0.25) is 9.59 Å². The molecule has 1 aromatic heterocycles. The quantitative estimate of drug-likeness (QED) is 0.728. The standard InChI is InChI=1S/C9H13N3O2/c1-9(2,6-7(10)13)12-8(14)4-3-5-11-12/h3-5H,6H2,1-2H3,(H2,10,13).